The fourth-order valence-corrected chi connectivity index (χ4v) is 2.22. The summed E-state index contributed by atoms with van der Waals surface area (Å²) in [6.07, 6.45) is 0.933. The van der Waals surface area contributed by atoms with Crippen molar-refractivity contribution < 1.29 is 4.74 Å². The third-order valence-electron chi connectivity index (χ3n) is 3.82. The summed E-state index contributed by atoms with van der Waals surface area (Å²) in [6.45, 7) is 7.44. The van der Waals surface area contributed by atoms with E-state index in [1.165, 1.54) is 5.56 Å². The Labute approximate surface area is 149 Å². The van der Waals surface area contributed by atoms with Crippen LogP contribution in [0.3, 0.4) is 0 Å². The van der Waals surface area contributed by atoms with E-state index >= 15 is 0 Å². The summed E-state index contributed by atoms with van der Waals surface area (Å²) in [6, 6.07) is 10.2. The Bertz CT molecular complexity index is 653. The summed E-state index contributed by atoms with van der Waals surface area (Å²) in [5.41, 5.74) is 1.17. The van der Waals surface area contributed by atoms with Gasteiger partial charge in [-0.05, 0) is 25.8 Å². The third kappa shape index (κ3) is 6.54. The van der Waals surface area contributed by atoms with Gasteiger partial charge in [-0.15, -0.1) is 10.2 Å². The highest BCUT2D eigenvalue weighted by molar-refractivity contribution is 5.79. The van der Waals surface area contributed by atoms with Crippen LogP contribution in [0.25, 0.3) is 0 Å². The number of aryl methyl sites for hydroxylation is 1. The van der Waals surface area contributed by atoms with E-state index in [1.54, 1.807) is 0 Å². The van der Waals surface area contributed by atoms with E-state index in [1.807, 2.05) is 43.7 Å². The molecule has 136 valence electrons. The summed E-state index contributed by atoms with van der Waals surface area (Å²) in [4.78, 5) is 4.66. The van der Waals surface area contributed by atoms with E-state index in [4.69, 9.17) is 4.74 Å². The molecule has 0 bridgehead atoms. The Kier molecular flexibility index (Phi) is 7.91. The van der Waals surface area contributed by atoms with Gasteiger partial charge in [-0.2, -0.15) is 0 Å². The zero-order chi connectivity index (χ0) is 17.9. The van der Waals surface area contributed by atoms with Crippen LogP contribution in [0.2, 0.25) is 0 Å². The monoisotopic (exact) mass is 344 g/mol. The van der Waals surface area contributed by atoms with Crippen molar-refractivity contribution in [3.05, 3.63) is 47.5 Å². The SMILES string of the molecule is CCOCCCNC(=NCc1ccccc1)NCc1nnc(C)n1C. The molecule has 2 rings (SSSR count). The van der Waals surface area contributed by atoms with Crippen LogP contribution in [0.15, 0.2) is 35.3 Å². The molecule has 0 aliphatic rings. The second-order valence-corrected chi connectivity index (χ2v) is 5.70. The van der Waals surface area contributed by atoms with Crippen LogP contribution in [0, 0.1) is 6.92 Å². The van der Waals surface area contributed by atoms with Crippen molar-refractivity contribution in [2.24, 2.45) is 12.0 Å². The van der Waals surface area contributed by atoms with Crippen LogP contribution in [0.4, 0.5) is 0 Å². The van der Waals surface area contributed by atoms with Crippen LogP contribution in [-0.2, 0) is 24.9 Å². The van der Waals surface area contributed by atoms with Gasteiger partial charge < -0.3 is 19.9 Å². The first-order valence-corrected chi connectivity index (χ1v) is 8.69. The Morgan fingerprint density at radius 3 is 2.68 bits per heavy atom. The van der Waals surface area contributed by atoms with Gasteiger partial charge in [-0.1, -0.05) is 30.3 Å². The van der Waals surface area contributed by atoms with Gasteiger partial charge in [0.05, 0.1) is 13.1 Å². The van der Waals surface area contributed by atoms with Crippen molar-refractivity contribution in [1.29, 1.82) is 0 Å². The molecular formula is C18H28N6O. The number of nitrogens with one attached hydrogen (secondary N) is 2. The minimum atomic E-state index is 0.573. The maximum atomic E-state index is 5.37. The molecule has 0 unspecified atom stereocenters. The molecule has 1 aromatic heterocycles. The number of benzene rings is 1. The van der Waals surface area contributed by atoms with E-state index in [0.29, 0.717) is 13.1 Å². The molecule has 25 heavy (non-hydrogen) atoms. The van der Waals surface area contributed by atoms with E-state index in [-0.39, 0.29) is 0 Å². The highest BCUT2D eigenvalue weighted by Gasteiger charge is 2.06. The standard InChI is InChI=1S/C18H28N6O/c1-4-25-12-8-11-19-18(20-13-16-9-6-5-7-10-16)21-14-17-23-22-15(2)24(17)3/h5-7,9-10H,4,8,11-14H2,1-3H3,(H2,19,20,21). The Morgan fingerprint density at radius 1 is 1.20 bits per heavy atom. The maximum absolute atomic E-state index is 5.37. The van der Waals surface area contributed by atoms with Gasteiger partial charge in [-0.3, -0.25) is 0 Å². The lowest BCUT2D eigenvalue weighted by molar-refractivity contribution is 0.145. The number of hydrogen-bond acceptors (Lipinski definition) is 4. The van der Waals surface area contributed by atoms with Crippen LogP contribution in [0.5, 0.6) is 0 Å². The largest absolute Gasteiger partial charge is 0.382 e. The van der Waals surface area contributed by atoms with Gasteiger partial charge in [0, 0.05) is 26.8 Å². The molecule has 7 nitrogen and oxygen atoms in total. The Balaban J connectivity index is 1.91. The number of hydrogen-bond donors (Lipinski definition) is 2. The number of nitrogens with zero attached hydrogens (tertiary/aromatic N) is 4. The fourth-order valence-electron chi connectivity index (χ4n) is 2.22. The van der Waals surface area contributed by atoms with Gasteiger partial charge in [-0.25, -0.2) is 4.99 Å². The zero-order valence-corrected chi connectivity index (χ0v) is 15.3. The molecule has 0 saturated carbocycles. The van der Waals surface area contributed by atoms with Gasteiger partial charge in [0.15, 0.2) is 11.8 Å². The molecule has 0 spiro atoms. The average molecular weight is 344 g/mol. The first kappa shape index (κ1) is 18.9. The third-order valence-corrected chi connectivity index (χ3v) is 3.82. The first-order chi connectivity index (χ1) is 12.2. The smallest absolute Gasteiger partial charge is 0.191 e. The number of ether oxygens (including phenoxy) is 1. The first-order valence-electron chi connectivity index (χ1n) is 8.69. The molecule has 0 aliphatic carbocycles. The minimum absolute atomic E-state index is 0.573. The van der Waals surface area contributed by atoms with Crippen molar-refractivity contribution in [1.82, 2.24) is 25.4 Å². The van der Waals surface area contributed by atoms with Crippen molar-refractivity contribution >= 4 is 5.96 Å². The molecule has 0 saturated heterocycles. The van der Waals surface area contributed by atoms with Crippen molar-refractivity contribution in [3.8, 4) is 0 Å². The quantitative estimate of drug-likeness (QED) is 0.412. The van der Waals surface area contributed by atoms with E-state index in [0.717, 1.165) is 43.8 Å². The summed E-state index contributed by atoms with van der Waals surface area (Å²) in [5.74, 6) is 2.53. The highest BCUT2D eigenvalue weighted by Crippen LogP contribution is 2.00. The van der Waals surface area contributed by atoms with Crippen molar-refractivity contribution in [2.45, 2.75) is 33.4 Å². The van der Waals surface area contributed by atoms with Crippen LogP contribution in [-0.4, -0.2) is 40.5 Å². The van der Waals surface area contributed by atoms with Gasteiger partial charge >= 0.3 is 0 Å². The summed E-state index contributed by atoms with van der Waals surface area (Å²) in [7, 11) is 1.96. The predicted octanol–water partition coefficient (Wildman–Crippen LogP) is 1.79. The average Bonchev–Trinajstić information content (AvgIpc) is 2.96. The minimum Gasteiger partial charge on any atom is -0.382 e. The molecule has 0 radical (unpaired) electrons. The summed E-state index contributed by atoms with van der Waals surface area (Å²) < 4.78 is 7.34. The summed E-state index contributed by atoms with van der Waals surface area (Å²) >= 11 is 0. The topological polar surface area (TPSA) is 76.4 Å². The van der Waals surface area contributed by atoms with Crippen LogP contribution in [0.1, 0.15) is 30.6 Å². The van der Waals surface area contributed by atoms with Crippen molar-refractivity contribution in [2.75, 3.05) is 19.8 Å². The molecular weight excluding hydrogens is 316 g/mol. The number of guanidine groups is 1. The predicted molar refractivity (Wildman–Crippen MR) is 99.3 cm³/mol. The molecule has 2 aromatic rings. The maximum Gasteiger partial charge on any atom is 0.191 e. The van der Waals surface area contributed by atoms with Gasteiger partial charge in [0.1, 0.15) is 5.82 Å². The lowest BCUT2D eigenvalue weighted by Gasteiger charge is -2.12. The second kappa shape index (κ2) is 10.5. The number of aliphatic imine (C=N–C) groups is 1. The molecule has 1 heterocycles. The normalized spacial score (nSPS) is 11.6. The van der Waals surface area contributed by atoms with Gasteiger partial charge in [0.2, 0.25) is 0 Å². The molecule has 2 N–H and O–H groups in total. The lowest BCUT2D eigenvalue weighted by atomic mass is 10.2. The molecule has 0 aliphatic heterocycles. The molecule has 7 heteroatoms. The van der Waals surface area contributed by atoms with Crippen LogP contribution >= 0.6 is 0 Å². The lowest BCUT2D eigenvalue weighted by Crippen LogP contribution is -2.38. The van der Waals surface area contributed by atoms with E-state index in [9.17, 15) is 0 Å². The number of aromatic nitrogens is 3. The molecule has 0 amide bonds. The summed E-state index contributed by atoms with van der Waals surface area (Å²) in [5, 5.41) is 14.9. The fraction of sp³-hybridized carbons (Fsp3) is 0.500. The van der Waals surface area contributed by atoms with Gasteiger partial charge in [0.25, 0.3) is 0 Å². The van der Waals surface area contributed by atoms with Crippen molar-refractivity contribution in [3.63, 3.8) is 0 Å². The Morgan fingerprint density at radius 2 is 2.00 bits per heavy atom. The molecule has 0 atom stereocenters. The van der Waals surface area contributed by atoms with E-state index < -0.39 is 0 Å². The zero-order valence-electron chi connectivity index (χ0n) is 15.3. The Hall–Kier alpha value is -2.41. The highest BCUT2D eigenvalue weighted by atomic mass is 16.5. The molecule has 0 fully saturated rings. The van der Waals surface area contributed by atoms with Crippen LogP contribution < -0.4 is 10.6 Å². The van der Waals surface area contributed by atoms with E-state index in [2.05, 4.69) is 38.0 Å². The number of rotatable bonds is 9. The molecule has 1 aromatic carbocycles. The second-order valence-electron chi connectivity index (χ2n) is 5.70.